The van der Waals surface area contributed by atoms with Crippen LogP contribution in [0.25, 0.3) is 11.9 Å². The van der Waals surface area contributed by atoms with Gasteiger partial charge in [-0.2, -0.15) is 39.5 Å². The number of nitrogens with one attached hydrogen (secondary N) is 2. The van der Waals surface area contributed by atoms with E-state index >= 15 is 4.39 Å². The maximum absolute atomic E-state index is 15.0. The highest BCUT2D eigenvalue weighted by Gasteiger charge is 2.41. The van der Waals surface area contributed by atoms with Gasteiger partial charge in [-0.15, -0.1) is 0 Å². The fraction of sp³-hybridized carbons (Fsp3) is 0.280. The Hall–Kier alpha value is -3.26. The molecule has 0 aromatic heterocycles. The molecule has 16 heteroatoms. The van der Waals surface area contributed by atoms with Gasteiger partial charge in [0.2, 0.25) is 5.91 Å². The van der Waals surface area contributed by atoms with Gasteiger partial charge in [0, 0.05) is 5.56 Å². The molecule has 2 rings (SSSR count). The zero-order valence-corrected chi connectivity index (χ0v) is 22.0. The quantitative estimate of drug-likeness (QED) is 0.287. The number of carbonyl (C=O) groups excluding carboxylic acids is 2. The van der Waals surface area contributed by atoms with Crippen molar-refractivity contribution in [1.82, 2.24) is 10.6 Å². The summed E-state index contributed by atoms with van der Waals surface area (Å²) in [5.41, 5.74) is -4.55. The van der Waals surface area contributed by atoms with Crippen LogP contribution in [0.3, 0.4) is 0 Å². The van der Waals surface area contributed by atoms with Crippen LogP contribution in [0.2, 0.25) is 10.0 Å². The van der Waals surface area contributed by atoms with Crippen molar-refractivity contribution >= 4 is 46.9 Å². The molecule has 0 bridgehead atoms. The molecule has 224 valence electrons. The van der Waals surface area contributed by atoms with Crippen LogP contribution in [-0.4, -0.2) is 36.8 Å². The predicted octanol–water partition coefficient (Wildman–Crippen LogP) is 8.11. The third-order valence-corrected chi connectivity index (χ3v) is 6.19. The van der Waals surface area contributed by atoms with Gasteiger partial charge in [-0.25, -0.2) is 4.39 Å². The average molecular weight is 639 g/mol. The second-order valence-electron chi connectivity index (χ2n) is 8.43. The Labute approximate surface area is 236 Å². The van der Waals surface area contributed by atoms with Crippen LogP contribution in [0.4, 0.5) is 43.9 Å². The van der Waals surface area contributed by atoms with E-state index in [1.165, 1.54) is 5.32 Å². The summed E-state index contributed by atoms with van der Waals surface area (Å²) in [6.45, 7) is 2.51. The summed E-state index contributed by atoms with van der Waals surface area (Å²) in [4.78, 5) is 24.2. The van der Waals surface area contributed by atoms with E-state index in [4.69, 9.17) is 23.2 Å². The van der Waals surface area contributed by atoms with Gasteiger partial charge in [0.15, 0.2) is 0 Å². The van der Waals surface area contributed by atoms with E-state index in [0.29, 0.717) is 12.1 Å². The Morgan fingerprint density at radius 3 is 2.12 bits per heavy atom. The molecule has 0 aliphatic heterocycles. The summed E-state index contributed by atoms with van der Waals surface area (Å²) in [5, 5.41) is 2.76. The zero-order valence-electron chi connectivity index (χ0n) is 20.5. The number of halogens is 12. The molecule has 4 nitrogen and oxygen atoms in total. The lowest BCUT2D eigenvalue weighted by atomic mass is 9.94. The number of hydrogen-bond donors (Lipinski definition) is 2. The Kier molecular flexibility index (Phi) is 10.5. The number of carbonyl (C=O) groups is 2. The highest BCUT2D eigenvalue weighted by Crippen LogP contribution is 2.42. The number of hydrogen-bond acceptors (Lipinski definition) is 2. The zero-order chi connectivity index (χ0) is 31.5. The fourth-order valence-corrected chi connectivity index (χ4v) is 3.81. The number of benzene rings is 2. The summed E-state index contributed by atoms with van der Waals surface area (Å²) >= 11 is 11.7. The highest BCUT2D eigenvalue weighted by molar-refractivity contribution is 6.43. The maximum Gasteiger partial charge on any atom is 0.417 e. The van der Waals surface area contributed by atoms with Crippen molar-refractivity contribution in [3.05, 3.63) is 80.8 Å². The maximum atomic E-state index is 15.0. The fourth-order valence-electron chi connectivity index (χ4n) is 3.39. The van der Waals surface area contributed by atoms with Gasteiger partial charge < -0.3 is 10.6 Å². The van der Waals surface area contributed by atoms with Crippen LogP contribution in [0.5, 0.6) is 0 Å². The minimum Gasteiger partial charge on any atom is -0.345 e. The van der Waals surface area contributed by atoms with Crippen LogP contribution in [0.1, 0.15) is 45.5 Å². The summed E-state index contributed by atoms with van der Waals surface area (Å²) < 4.78 is 135. The Bertz CT molecular complexity index is 1350. The van der Waals surface area contributed by atoms with E-state index in [1.54, 1.807) is 5.32 Å². The van der Waals surface area contributed by atoms with Crippen LogP contribution < -0.4 is 10.6 Å². The van der Waals surface area contributed by atoms with Gasteiger partial charge >= 0.3 is 18.5 Å². The van der Waals surface area contributed by atoms with E-state index in [-0.39, 0.29) is 27.8 Å². The molecule has 41 heavy (non-hydrogen) atoms. The lowest BCUT2D eigenvalue weighted by Crippen LogP contribution is -2.47. The van der Waals surface area contributed by atoms with Crippen molar-refractivity contribution in [2.45, 2.75) is 37.4 Å². The van der Waals surface area contributed by atoms with E-state index in [9.17, 15) is 49.1 Å². The first kappa shape index (κ1) is 33.9. The normalized spacial score (nSPS) is 14.3. The second kappa shape index (κ2) is 12.7. The summed E-state index contributed by atoms with van der Waals surface area (Å²) in [6.07, 6.45) is -14.2. The summed E-state index contributed by atoms with van der Waals surface area (Å²) in [7, 11) is 0. The molecular formula is C25H18Cl2F10N2O2. The largest absolute Gasteiger partial charge is 0.417 e. The summed E-state index contributed by atoms with van der Waals surface area (Å²) in [5.74, 6) is -7.36. The van der Waals surface area contributed by atoms with Gasteiger partial charge in [-0.3, -0.25) is 9.59 Å². The van der Waals surface area contributed by atoms with Crippen molar-refractivity contribution in [2.24, 2.45) is 0 Å². The Balaban J connectivity index is 2.48. The van der Waals surface area contributed by atoms with E-state index in [1.807, 2.05) is 0 Å². The van der Waals surface area contributed by atoms with E-state index < -0.39 is 76.9 Å². The predicted molar refractivity (Wildman–Crippen MR) is 132 cm³/mol. The molecule has 2 aromatic rings. The first-order valence-electron chi connectivity index (χ1n) is 11.1. The lowest BCUT2D eigenvalue weighted by molar-refractivity contribution is -0.140. The molecule has 1 unspecified atom stereocenters. The van der Waals surface area contributed by atoms with Gasteiger partial charge in [0.25, 0.3) is 5.91 Å². The molecule has 0 heterocycles. The standard InChI is InChI=1S/C25H18Cl2F10N2O2/c1-3-12-6-14(8-18(26)20(12)27)16(24(32,33)34)9-19(28)13-4-5-15(17(7-13)25(35,36)37)22(41)39-11(2)21(40)38-10-23(29,30)31/h3-9,11,16H,1,10H2,2H3,(H,38,40)(H,39,41)/b19-9-/t11-,16?/m1/s1. The third-order valence-electron chi connectivity index (χ3n) is 5.37. The minimum atomic E-state index is -5.34. The lowest BCUT2D eigenvalue weighted by Gasteiger charge is -2.20. The number of alkyl halides is 9. The second-order valence-corrected chi connectivity index (χ2v) is 9.22. The van der Waals surface area contributed by atoms with Gasteiger partial charge in [-0.1, -0.05) is 41.9 Å². The number of allylic oxidation sites excluding steroid dienone is 1. The van der Waals surface area contributed by atoms with Crippen LogP contribution in [0, 0.1) is 0 Å². The molecule has 0 saturated heterocycles. The van der Waals surface area contributed by atoms with Crippen molar-refractivity contribution < 1.29 is 53.5 Å². The molecule has 0 fully saturated rings. The minimum absolute atomic E-state index is 0.00866. The molecular weight excluding hydrogens is 621 g/mol. The van der Waals surface area contributed by atoms with Crippen molar-refractivity contribution in [3.63, 3.8) is 0 Å². The smallest absolute Gasteiger partial charge is 0.345 e. The third kappa shape index (κ3) is 9.12. The SMILES string of the molecule is C=Cc1cc(C(/C=C(\F)c2ccc(C(=O)N[C@H](C)C(=O)NCC(F)(F)F)c(C(F)(F)F)c2)C(F)(F)F)cc(Cl)c1Cl. The molecule has 0 saturated carbocycles. The van der Waals surface area contributed by atoms with E-state index in [2.05, 4.69) is 6.58 Å². The Morgan fingerprint density at radius 1 is 1.00 bits per heavy atom. The molecule has 0 aliphatic rings. The summed E-state index contributed by atoms with van der Waals surface area (Å²) in [6, 6.07) is 1.11. The van der Waals surface area contributed by atoms with Crippen molar-refractivity contribution in [2.75, 3.05) is 6.54 Å². The number of rotatable bonds is 8. The van der Waals surface area contributed by atoms with E-state index in [0.717, 1.165) is 25.1 Å². The van der Waals surface area contributed by atoms with Gasteiger partial charge in [-0.05, 0) is 48.4 Å². The van der Waals surface area contributed by atoms with Crippen molar-refractivity contribution in [3.8, 4) is 0 Å². The molecule has 2 N–H and O–H groups in total. The first-order chi connectivity index (χ1) is 18.7. The molecule has 0 radical (unpaired) electrons. The van der Waals surface area contributed by atoms with Crippen LogP contribution in [-0.2, 0) is 11.0 Å². The highest BCUT2D eigenvalue weighted by atomic mass is 35.5. The monoisotopic (exact) mass is 638 g/mol. The first-order valence-corrected chi connectivity index (χ1v) is 11.8. The average Bonchev–Trinajstić information content (AvgIpc) is 2.85. The number of amides is 2. The molecule has 2 amide bonds. The van der Waals surface area contributed by atoms with Gasteiger partial charge in [0.1, 0.15) is 24.3 Å². The molecule has 0 spiro atoms. The topological polar surface area (TPSA) is 58.2 Å². The van der Waals surface area contributed by atoms with Crippen LogP contribution in [0.15, 0.2) is 43.0 Å². The van der Waals surface area contributed by atoms with Crippen molar-refractivity contribution in [1.29, 1.82) is 0 Å². The van der Waals surface area contributed by atoms with Gasteiger partial charge in [0.05, 0.1) is 21.2 Å². The molecule has 2 atom stereocenters. The molecule has 0 aliphatic carbocycles. The molecule has 2 aromatic carbocycles. The van der Waals surface area contributed by atoms with Crippen LogP contribution >= 0.6 is 23.2 Å². The Morgan fingerprint density at radius 2 is 1.61 bits per heavy atom.